The van der Waals surface area contributed by atoms with Gasteiger partial charge in [-0.25, -0.2) is 0 Å². The van der Waals surface area contributed by atoms with Crippen LogP contribution in [0, 0.1) is 0 Å². The van der Waals surface area contributed by atoms with E-state index in [0.717, 1.165) is 12.8 Å². The zero-order valence-electron chi connectivity index (χ0n) is 33.1. The van der Waals surface area contributed by atoms with E-state index in [9.17, 15) is 0 Å². The van der Waals surface area contributed by atoms with Crippen LogP contribution in [0.2, 0.25) is 0 Å². The number of fused-ring (bicyclic) bond motifs is 6. The Morgan fingerprint density at radius 3 is 1.89 bits per heavy atom. The minimum absolute atomic E-state index is 0.0672. The topological polar surface area (TPSA) is 0 Å². The largest absolute Gasteiger partial charge is 0.0738 e. The lowest BCUT2D eigenvalue weighted by Crippen LogP contribution is -2.16. The number of hydrogen-bond acceptors (Lipinski definition) is 0. The summed E-state index contributed by atoms with van der Waals surface area (Å²) in [7, 11) is 0. The van der Waals surface area contributed by atoms with Crippen molar-refractivity contribution in [2.24, 2.45) is 0 Å². The summed E-state index contributed by atoms with van der Waals surface area (Å²) in [5.74, 6) is 0.447. The molecule has 0 bridgehead atoms. The van der Waals surface area contributed by atoms with E-state index in [1.807, 2.05) is 0 Å². The van der Waals surface area contributed by atoms with Gasteiger partial charge in [0, 0.05) is 10.8 Å². The fraction of sp³-hybridized carbons (Fsp3) is 0.200. The van der Waals surface area contributed by atoms with Crippen LogP contribution in [0.5, 0.6) is 0 Å². The molecule has 9 rings (SSSR count). The summed E-state index contributed by atoms with van der Waals surface area (Å²) in [5, 5.41) is 5.16. The molecule has 0 saturated heterocycles. The minimum atomic E-state index is -0.131. The van der Waals surface area contributed by atoms with Crippen LogP contribution in [0.3, 0.4) is 0 Å². The van der Waals surface area contributed by atoms with Gasteiger partial charge in [-0.2, -0.15) is 0 Å². The third-order valence-electron chi connectivity index (χ3n) is 12.7. The summed E-state index contributed by atoms with van der Waals surface area (Å²) in [6.45, 7) is 14.2. The first-order valence-electron chi connectivity index (χ1n) is 20.1. The van der Waals surface area contributed by atoms with Crippen molar-refractivity contribution in [1.82, 2.24) is 0 Å². The van der Waals surface area contributed by atoms with E-state index in [1.54, 1.807) is 0 Å². The fourth-order valence-corrected chi connectivity index (χ4v) is 9.28. The molecule has 7 aromatic rings. The first-order valence-corrected chi connectivity index (χ1v) is 20.1. The quantitative estimate of drug-likeness (QED) is 0.161. The van der Waals surface area contributed by atoms with Crippen molar-refractivity contribution in [3.05, 3.63) is 203 Å². The van der Waals surface area contributed by atoms with E-state index in [1.165, 1.54) is 93.9 Å². The van der Waals surface area contributed by atoms with Crippen molar-refractivity contribution in [1.29, 1.82) is 0 Å². The predicted octanol–water partition coefficient (Wildman–Crippen LogP) is 15.0. The van der Waals surface area contributed by atoms with Gasteiger partial charge in [-0.3, -0.25) is 0 Å². The van der Waals surface area contributed by atoms with Crippen LogP contribution in [0.4, 0.5) is 0 Å². The Bertz CT molecular complexity index is 2710. The normalized spacial score (nSPS) is 17.9. The van der Waals surface area contributed by atoms with Crippen molar-refractivity contribution in [2.75, 3.05) is 0 Å². The van der Waals surface area contributed by atoms with Crippen molar-refractivity contribution in [2.45, 2.75) is 71.1 Å². The van der Waals surface area contributed by atoms with Crippen LogP contribution in [0.1, 0.15) is 92.8 Å². The van der Waals surface area contributed by atoms with E-state index in [4.69, 9.17) is 0 Å². The van der Waals surface area contributed by atoms with Crippen molar-refractivity contribution in [3.8, 4) is 22.3 Å². The number of benzene rings is 7. The lowest BCUT2D eigenvalue weighted by atomic mass is 9.78. The summed E-state index contributed by atoms with van der Waals surface area (Å²) in [5.41, 5.74) is 17.4. The van der Waals surface area contributed by atoms with Crippen LogP contribution in [0.25, 0.3) is 54.9 Å². The molecule has 0 N–H and O–H groups in total. The highest BCUT2D eigenvalue weighted by Gasteiger charge is 2.36. The molecule has 0 aromatic heterocycles. The molecule has 0 nitrogen and oxygen atoms in total. The maximum Gasteiger partial charge on any atom is 0.0159 e. The van der Waals surface area contributed by atoms with Gasteiger partial charge < -0.3 is 0 Å². The van der Waals surface area contributed by atoms with Crippen LogP contribution in [-0.4, -0.2) is 0 Å². The highest BCUT2D eigenvalue weighted by molar-refractivity contribution is 5.98. The molecule has 0 saturated carbocycles. The molecule has 0 heteroatoms. The Morgan fingerprint density at radius 1 is 0.527 bits per heavy atom. The van der Waals surface area contributed by atoms with Crippen LogP contribution < -0.4 is 0 Å². The molecule has 0 spiro atoms. The van der Waals surface area contributed by atoms with E-state index in [2.05, 4.69) is 205 Å². The first-order chi connectivity index (χ1) is 26.6. The summed E-state index contributed by atoms with van der Waals surface area (Å²) >= 11 is 0. The van der Waals surface area contributed by atoms with Gasteiger partial charge in [-0.1, -0.05) is 192 Å². The predicted molar refractivity (Wildman–Crippen MR) is 238 cm³/mol. The second-order valence-electron chi connectivity index (χ2n) is 17.1. The molecule has 270 valence electrons. The Balaban J connectivity index is 0.958. The van der Waals surface area contributed by atoms with Crippen LogP contribution >= 0.6 is 0 Å². The lowest BCUT2D eigenvalue weighted by molar-refractivity contribution is 0.646. The summed E-state index contributed by atoms with van der Waals surface area (Å²) < 4.78 is 0. The average molecular weight is 711 g/mol. The molecule has 2 aliphatic rings. The van der Waals surface area contributed by atoms with Crippen LogP contribution in [0.15, 0.2) is 164 Å². The number of aryl methyl sites for hydroxylation is 1. The second-order valence-corrected chi connectivity index (χ2v) is 17.1. The zero-order chi connectivity index (χ0) is 37.9. The Hall–Kier alpha value is -5.72. The molecule has 0 radical (unpaired) electrons. The lowest BCUT2D eigenvalue weighted by Gasteiger charge is -2.26. The van der Waals surface area contributed by atoms with Gasteiger partial charge in [0.2, 0.25) is 0 Å². The third-order valence-corrected chi connectivity index (χ3v) is 12.7. The Labute approximate surface area is 327 Å². The molecule has 1 unspecified atom stereocenters. The standard InChI is InChI=1S/C55H50/c1-36(42-26-29-49-50-30-27-43(35-53(50)55(5,6)52(49)34-42)48-20-12-16-40-14-8-10-18-46(40)48)21-23-38-24-28-44-37(2)22-25-41(31-32-54(3,4)51(44)33-38)47-19-11-15-39-13-7-9-17-45(39)47/h7-20,22,24-36H,21,23H2,1-6H3/b32-31?,37-22+,41-25+. The van der Waals surface area contributed by atoms with E-state index < -0.39 is 0 Å². The molecule has 1 atom stereocenters. The maximum absolute atomic E-state index is 2.52. The minimum Gasteiger partial charge on any atom is -0.0738 e. The number of rotatable bonds is 6. The van der Waals surface area contributed by atoms with Gasteiger partial charge in [0.25, 0.3) is 0 Å². The van der Waals surface area contributed by atoms with Gasteiger partial charge in [-0.15, -0.1) is 0 Å². The highest BCUT2D eigenvalue weighted by Crippen LogP contribution is 2.51. The molecule has 0 heterocycles. The monoisotopic (exact) mass is 710 g/mol. The van der Waals surface area contributed by atoms with Gasteiger partial charge in [0.1, 0.15) is 0 Å². The van der Waals surface area contributed by atoms with Gasteiger partial charge in [-0.05, 0) is 126 Å². The van der Waals surface area contributed by atoms with Crippen molar-refractivity contribution in [3.63, 3.8) is 0 Å². The van der Waals surface area contributed by atoms with Gasteiger partial charge >= 0.3 is 0 Å². The average Bonchev–Trinajstić information content (AvgIpc) is 3.45. The van der Waals surface area contributed by atoms with E-state index >= 15 is 0 Å². The molecule has 55 heavy (non-hydrogen) atoms. The summed E-state index contributed by atoms with van der Waals surface area (Å²) in [6.07, 6.45) is 11.5. The van der Waals surface area contributed by atoms with Crippen LogP contribution in [-0.2, 0) is 17.3 Å². The highest BCUT2D eigenvalue weighted by atomic mass is 14.4. The molecule has 0 fully saturated rings. The van der Waals surface area contributed by atoms with E-state index in [-0.39, 0.29) is 10.8 Å². The third kappa shape index (κ3) is 6.19. The van der Waals surface area contributed by atoms with Crippen molar-refractivity contribution >= 4 is 32.7 Å². The fourth-order valence-electron chi connectivity index (χ4n) is 9.28. The molecule has 0 aliphatic heterocycles. The molecule has 7 aromatic carbocycles. The van der Waals surface area contributed by atoms with E-state index in [0.29, 0.717) is 5.92 Å². The maximum atomic E-state index is 2.52. The molecule has 0 amide bonds. The Morgan fingerprint density at radius 2 is 1.15 bits per heavy atom. The summed E-state index contributed by atoms with van der Waals surface area (Å²) in [4.78, 5) is 0. The summed E-state index contributed by atoms with van der Waals surface area (Å²) in [6, 6.07) is 52.4. The second kappa shape index (κ2) is 13.5. The number of allylic oxidation sites excluding steroid dienone is 6. The SMILES string of the molecule is C/C1=C\C=C(\c2cccc3ccccc23)C=CC(C)(C)c2cc(CCC(C)c3ccc4c(c3)C(C)(C)c3cc(-c5cccc6ccccc56)ccc3-4)ccc21. The van der Waals surface area contributed by atoms with Gasteiger partial charge in [0.05, 0.1) is 0 Å². The van der Waals surface area contributed by atoms with Crippen molar-refractivity contribution < 1.29 is 0 Å². The molecule has 2 aliphatic carbocycles. The Kier molecular flexibility index (Phi) is 8.62. The zero-order valence-corrected chi connectivity index (χ0v) is 33.1. The first kappa shape index (κ1) is 35.0. The number of hydrogen-bond donors (Lipinski definition) is 0. The molecular weight excluding hydrogens is 661 g/mol. The van der Waals surface area contributed by atoms with Gasteiger partial charge in [0.15, 0.2) is 0 Å². The smallest absolute Gasteiger partial charge is 0.0159 e. The molecular formula is C55H50.